The molecule has 0 fully saturated rings. The molecule has 16 atom stereocenters. The summed E-state index contributed by atoms with van der Waals surface area (Å²) >= 11 is 0. The van der Waals surface area contributed by atoms with E-state index in [4.69, 9.17) is 99.6 Å². The Hall–Kier alpha value is -9.61. The Labute approximate surface area is 733 Å². The van der Waals surface area contributed by atoms with E-state index < -0.39 is 117 Å². The summed E-state index contributed by atoms with van der Waals surface area (Å²) in [4.78, 5) is 88.6. The van der Waals surface area contributed by atoms with Gasteiger partial charge in [0, 0.05) is 81.0 Å². The number of phosphoric ester groups is 1. The Bertz CT molecular complexity index is 5100. The number of hydrogen-bond acceptors (Lipinski definition) is 34. The molecule has 16 rings (SSSR count). The summed E-state index contributed by atoms with van der Waals surface area (Å²) in [5.74, 6) is -1.46. The number of ether oxygens (including phenoxy) is 11. The average molecular weight is 1840 g/mol. The zero-order valence-electron chi connectivity index (χ0n) is 72.4. The number of benzene rings is 4. The largest absolute Gasteiger partial charge is 0.530 e. The van der Waals surface area contributed by atoms with Crippen molar-refractivity contribution in [2.45, 2.75) is 207 Å². The number of aromatic hydroxyl groups is 1. The molecule has 0 saturated carbocycles. The van der Waals surface area contributed by atoms with Crippen molar-refractivity contribution in [1.29, 1.82) is 5.26 Å². The number of ketones is 1. The Morgan fingerprint density at radius 1 is 0.638 bits per heavy atom. The highest BCUT2D eigenvalue weighted by Gasteiger charge is 2.62. The first-order valence-corrected chi connectivity index (χ1v) is 45.1. The van der Waals surface area contributed by atoms with Crippen LogP contribution in [0.5, 0.6) is 69.0 Å². The van der Waals surface area contributed by atoms with Crippen molar-refractivity contribution in [2.75, 3.05) is 89.8 Å². The molecule has 690 valence electrons. The van der Waals surface area contributed by atoms with Gasteiger partial charge in [-0.15, -0.1) is 4.67 Å². The van der Waals surface area contributed by atoms with Gasteiger partial charge < -0.3 is 107 Å². The lowest BCUT2D eigenvalue weighted by Crippen LogP contribution is -2.52. The predicted octanol–water partition coefficient (Wildman–Crippen LogP) is 9.54. The number of carbonyl (C=O) groups is 6. The van der Waals surface area contributed by atoms with Gasteiger partial charge in [-0.1, -0.05) is 36.5 Å². The number of phosphoric acid groups is 1. The van der Waals surface area contributed by atoms with E-state index in [0.717, 1.165) is 40.5 Å². The third-order valence-corrected chi connectivity index (χ3v) is 27.5. The number of aliphatic hydroxyl groups excluding tert-OH is 2. The Morgan fingerprint density at radius 2 is 1.13 bits per heavy atom. The van der Waals surface area contributed by atoms with E-state index in [1.807, 2.05) is 74.8 Å². The highest BCUT2D eigenvalue weighted by Crippen LogP contribution is 2.65. The number of phenols is 1. The van der Waals surface area contributed by atoms with Gasteiger partial charge in [-0.2, -0.15) is 23.1 Å². The predicted molar refractivity (Wildman–Crippen MR) is 444 cm³/mol. The molecule has 0 aromatic heterocycles. The maximum Gasteiger partial charge on any atom is 0.530 e. The van der Waals surface area contributed by atoms with Crippen LogP contribution >= 0.6 is 25.2 Å². The van der Waals surface area contributed by atoms with Gasteiger partial charge in [0.1, 0.15) is 42.6 Å². The maximum atomic E-state index is 13.4. The van der Waals surface area contributed by atoms with Gasteiger partial charge in [-0.25, -0.2) is 9.36 Å². The maximum absolute atomic E-state index is 13.4. The smallest absolute Gasteiger partial charge is 0.504 e. The zero-order chi connectivity index (χ0) is 91.7. The lowest BCUT2D eigenvalue weighted by atomic mass is 9.67. The van der Waals surface area contributed by atoms with Crippen molar-refractivity contribution >= 4 is 60.7 Å². The van der Waals surface area contributed by atoms with Crippen molar-refractivity contribution < 1.29 is 156 Å². The number of phenolic OH excluding ortho intramolecular Hbond substituents is 1. The number of likely N-dealkylation sites (N-methyl/N-ethyl adjacent to an activating group) is 1. The van der Waals surface area contributed by atoms with Crippen LogP contribution in [0.1, 0.15) is 130 Å². The minimum absolute atomic E-state index is 0.0430. The second kappa shape index (κ2) is 38.6. The third kappa shape index (κ3) is 17.9. The number of nitrogens with one attached hydrogen (secondary N) is 1. The number of nitrogens with two attached hydrogens (primary N) is 1. The molecular weight excluding hydrogens is 1730 g/mol. The minimum Gasteiger partial charge on any atom is -0.504 e. The lowest BCUT2D eigenvalue weighted by Gasteiger charge is -2.37. The van der Waals surface area contributed by atoms with Crippen LogP contribution in [0.4, 0.5) is 13.2 Å². The van der Waals surface area contributed by atoms with Gasteiger partial charge in [0.2, 0.25) is 40.4 Å². The van der Waals surface area contributed by atoms with Crippen LogP contribution in [0.25, 0.3) is 0 Å². The van der Waals surface area contributed by atoms with E-state index in [1.165, 1.54) is 53.6 Å². The normalized spacial score (nSPS) is 27.9. The monoisotopic (exact) mass is 1840 g/mol. The summed E-state index contributed by atoms with van der Waals surface area (Å²) < 4.78 is 153. The molecule has 2 amide bonds. The van der Waals surface area contributed by atoms with E-state index in [9.17, 15) is 67.1 Å². The Morgan fingerprint density at radius 3 is 1.65 bits per heavy atom. The molecule has 0 saturated heterocycles. The topological polar surface area (TPSA) is 436 Å². The molecule has 36 nitrogen and oxygen atoms in total. The summed E-state index contributed by atoms with van der Waals surface area (Å²) in [6.07, 6.45) is 7.43. The van der Waals surface area contributed by atoms with Crippen LogP contribution < -0.4 is 63.2 Å². The molecule has 42 heteroatoms. The van der Waals surface area contributed by atoms with Gasteiger partial charge in [-0.3, -0.25) is 42.8 Å². The van der Waals surface area contributed by atoms with E-state index >= 15 is 0 Å². The quantitative estimate of drug-likeness (QED) is 0.0109. The number of amides is 2. The number of esters is 3. The number of methoxy groups -OCH3 is 6. The number of alkyl halides is 3. The highest BCUT2D eigenvalue weighted by atomic mass is 31.2. The van der Waals surface area contributed by atoms with Crippen molar-refractivity contribution in [1.82, 2.24) is 20.0 Å². The van der Waals surface area contributed by atoms with Crippen molar-refractivity contribution in [3.05, 3.63) is 117 Å². The van der Waals surface area contributed by atoms with Crippen LogP contribution in [0.15, 0.2) is 72.9 Å². The molecule has 4 aromatic rings. The molecule has 0 bridgehead atoms. The summed E-state index contributed by atoms with van der Waals surface area (Å²) in [5, 5.41) is 44.0. The first-order chi connectivity index (χ1) is 60.6. The summed E-state index contributed by atoms with van der Waals surface area (Å²) in [7, 11) is 6.54. The number of carbonyl (C=O) groups excluding carboxylic acids is 6. The molecule has 16 unspecified atom stereocenters. The van der Waals surface area contributed by atoms with Gasteiger partial charge in [0.15, 0.2) is 40.3 Å². The van der Waals surface area contributed by atoms with Gasteiger partial charge >= 0.3 is 46.4 Å². The molecule has 8 aliphatic heterocycles. The Balaban J connectivity index is 0.000000145. The fourth-order valence-corrected chi connectivity index (χ4v) is 21.4. The average Bonchev–Trinajstić information content (AvgIpc) is 1.57. The molecule has 4 spiro atoms. The number of aliphatic hydroxyl groups is 2. The molecule has 4 aliphatic carbocycles. The summed E-state index contributed by atoms with van der Waals surface area (Å²) in [6.45, 7) is 12.1. The SMILES string of the molecule is CCOP(=O)(OCC)Oc1cc2c3c(c1OC)OC1CC(O)C=CC31CC(C(=O)OC)NC2.CCOP(OCC)OOc1cc2c3c(c1OC)OC1CC(O)C=CC31CC(C(N)=O)N(C)C2.COC(=O)C1CC23C=CC(=O)CC2Oc2c(OC)c(O)cc(c23)CN1C(=O)C(F)(F)F.COc1c(OOPC)cc2c3c1OC1CC(OC(C)=O)C=CC31CC(C#N)N(C)C2. The first-order valence-electron chi connectivity index (χ1n) is 41.1. The van der Waals surface area contributed by atoms with Crippen molar-refractivity contribution in [2.24, 2.45) is 5.73 Å². The second-order valence-corrected chi connectivity index (χ2v) is 35.1. The van der Waals surface area contributed by atoms with Crippen molar-refractivity contribution in [3.63, 3.8) is 0 Å². The Kier molecular flexibility index (Phi) is 28.9. The van der Waals surface area contributed by atoms with Gasteiger partial charge in [-0.05, 0) is 133 Å². The van der Waals surface area contributed by atoms with E-state index in [-0.39, 0.29) is 106 Å². The summed E-state index contributed by atoms with van der Waals surface area (Å²) in [5.41, 5.74) is 8.77. The summed E-state index contributed by atoms with van der Waals surface area (Å²) in [6, 6.07) is 6.06. The molecule has 6 N–H and O–H groups in total. The van der Waals surface area contributed by atoms with Crippen LogP contribution in [-0.4, -0.2) is 228 Å². The standard InChI is InChI=1S/C22H31N2O8P.C22H30NO9P.C21H25N2O6P.C20H18F3NO7/c1-5-28-33(29-6-2)32-31-16-9-13-12-24(3)15(21(23)26)11-22-8-7-14(25)10-17(22)30-20(18(13)22)19(16)27-4;1-5-29-33(26,30-6-2)32-16-9-13-12-23-15(21(25)28-4)11-22-8-7-14(24)10-17(22)31-20(18(13)22)19(16)27-3;1-12(24)26-15-5-6-21-9-14(10-22)23(2)11-13-7-16(28-29-30-4)19(25-3)20(18(13)21)27-17(21)8-15;1-29-15-12(26)5-9-8-24(18(28)20(21,22)23)11(17(27)30-2)7-19-4-3-10(25)6-13(19)31-16(15)14(9)19/h7-9,14-15,17,25H,5-6,10-12H2,1-4H3,(H2,23,26);7-9,14-15,17,23-24H,5-6,10-12H2,1-4H3;5-7,14-15,17,30H,8-9,11H2,1-4H3;3-5,11,13,26H,6-8H2,1-2H3. The number of halogens is 3. The van der Waals surface area contributed by atoms with Crippen LogP contribution in [0.3, 0.4) is 0 Å². The van der Waals surface area contributed by atoms with Gasteiger partial charge in [0.05, 0.1) is 130 Å². The van der Waals surface area contributed by atoms with Crippen LogP contribution in [0.2, 0.25) is 0 Å². The number of allylic oxidation sites excluding steroid dienone is 1. The van der Waals surface area contributed by atoms with Crippen LogP contribution in [0, 0.1) is 11.3 Å². The van der Waals surface area contributed by atoms with E-state index in [2.05, 4.69) is 17.5 Å². The second-order valence-electron chi connectivity index (χ2n) is 31.9. The fraction of sp³-hybridized carbons (Fsp3) is 0.541. The number of nitrogens with zero attached hydrogens (tertiary/aromatic N) is 4. The number of nitriles is 1. The first kappa shape index (κ1) is 95.0. The third-order valence-electron chi connectivity index (χ3n) is 24.5. The van der Waals surface area contributed by atoms with Crippen molar-refractivity contribution in [3.8, 4) is 75.1 Å². The molecule has 0 radical (unpaired) electrons. The molecule has 12 aliphatic rings. The zero-order valence-corrected chi connectivity index (χ0v) is 75.1. The highest BCUT2D eigenvalue weighted by molar-refractivity contribution is 7.49. The van der Waals surface area contributed by atoms with E-state index in [0.29, 0.717) is 122 Å². The van der Waals surface area contributed by atoms with E-state index in [1.54, 1.807) is 39.2 Å². The number of rotatable bonds is 24. The molecule has 8 heterocycles. The van der Waals surface area contributed by atoms with Gasteiger partial charge in [0.25, 0.3) is 0 Å². The molecule has 4 aromatic carbocycles. The number of hydrogen-bond donors (Lipinski definition) is 5. The van der Waals surface area contributed by atoms with Crippen LogP contribution in [-0.2, 0) is 123 Å². The fourth-order valence-electron chi connectivity index (χ4n) is 19.3. The molecule has 127 heavy (non-hydrogen) atoms. The lowest BCUT2D eigenvalue weighted by molar-refractivity contribution is -0.191. The number of primary amides is 1. The molecular formula is C85H104F3N6O30P3. The minimum atomic E-state index is -5.24.